The number of nitrogens with one attached hydrogen (secondary N) is 1. The molecule has 0 fully saturated rings. The Bertz CT molecular complexity index is 1280. The molecule has 0 radical (unpaired) electrons. The molecule has 34 heavy (non-hydrogen) atoms. The van der Waals surface area contributed by atoms with Crippen LogP contribution in [0.3, 0.4) is 0 Å². The van der Waals surface area contributed by atoms with E-state index in [2.05, 4.69) is 65.5 Å². The third kappa shape index (κ3) is 4.17. The van der Waals surface area contributed by atoms with Gasteiger partial charge in [0.2, 0.25) is 0 Å². The van der Waals surface area contributed by atoms with E-state index in [9.17, 15) is 4.79 Å². The molecule has 5 nitrogen and oxygen atoms in total. The standard InChI is InChI=1S/C29H29N3O2/c1-3-21-11-15-24(16-12-21)30-29(33)32-20-23-8-5-6-9-26(23)31-19-7-10-27(31)28(32)22-13-17-25(18-14-22)34-4-2/h5-19,28H,3-4,20H2,1-2H3,(H,30,33)/t28-/m0/s1. The van der Waals surface area contributed by atoms with Gasteiger partial charge in [0.25, 0.3) is 0 Å². The summed E-state index contributed by atoms with van der Waals surface area (Å²) in [5, 5.41) is 3.13. The van der Waals surface area contributed by atoms with Gasteiger partial charge in [-0.3, -0.25) is 0 Å². The maximum absolute atomic E-state index is 13.8. The molecule has 0 unspecified atom stereocenters. The van der Waals surface area contributed by atoms with Crippen LogP contribution in [0.2, 0.25) is 0 Å². The van der Waals surface area contributed by atoms with Crippen molar-refractivity contribution in [2.45, 2.75) is 32.9 Å². The molecule has 0 aliphatic carbocycles. The SMILES string of the molecule is CCOc1ccc([C@H]2c3cccn3-c3ccccc3CN2C(=O)Nc2ccc(CC)cc2)cc1. The van der Waals surface area contributed by atoms with Crippen molar-refractivity contribution < 1.29 is 9.53 Å². The topological polar surface area (TPSA) is 46.5 Å². The summed E-state index contributed by atoms with van der Waals surface area (Å²) in [6.45, 7) is 5.21. The first-order chi connectivity index (χ1) is 16.7. The summed E-state index contributed by atoms with van der Waals surface area (Å²) in [7, 11) is 0. The normalized spacial score (nSPS) is 14.6. The Hall–Kier alpha value is -3.99. The van der Waals surface area contributed by atoms with Crippen LogP contribution in [-0.4, -0.2) is 22.1 Å². The summed E-state index contributed by atoms with van der Waals surface area (Å²) in [4.78, 5) is 15.7. The number of nitrogens with zero attached hydrogens (tertiary/aromatic N) is 2. The van der Waals surface area contributed by atoms with E-state index in [0.29, 0.717) is 13.2 Å². The number of aromatic nitrogens is 1. The smallest absolute Gasteiger partial charge is 0.322 e. The van der Waals surface area contributed by atoms with Crippen molar-refractivity contribution in [1.82, 2.24) is 9.47 Å². The predicted octanol–water partition coefficient (Wildman–Crippen LogP) is 6.58. The number of rotatable bonds is 5. The highest BCUT2D eigenvalue weighted by Gasteiger charge is 2.33. The number of carbonyl (C=O) groups excluding carboxylic acids is 1. The Labute approximate surface area is 200 Å². The lowest BCUT2D eigenvalue weighted by Gasteiger charge is -2.31. The van der Waals surface area contributed by atoms with Crippen LogP contribution in [0.15, 0.2) is 91.1 Å². The number of anilines is 1. The fourth-order valence-electron chi connectivity index (χ4n) is 4.62. The van der Waals surface area contributed by atoms with E-state index in [-0.39, 0.29) is 12.1 Å². The molecule has 5 rings (SSSR count). The Morgan fingerprint density at radius 1 is 0.941 bits per heavy atom. The minimum Gasteiger partial charge on any atom is -0.494 e. The lowest BCUT2D eigenvalue weighted by atomic mass is 10.0. The first kappa shape index (κ1) is 21.8. The number of amides is 2. The molecule has 1 aliphatic heterocycles. The minimum absolute atomic E-state index is 0.132. The molecule has 4 aromatic rings. The molecule has 2 amide bonds. The van der Waals surface area contributed by atoms with E-state index >= 15 is 0 Å². The van der Waals surface area contributed by atoms with E-state index in [1.165, 1.54) is 5.56 Å². The van der Waals surface area contributed by atoms with Gasteiger partial charge in [0, 0.05) is 17.6 Å². The van der Waals surface area contributed by atoms with Crippen LogP contribution in [0.4, 0.5) is 10.5 Å². The van der Waals surface area contributed by atoms with Gasteiger partial charge in [-0.1, -0.05) is 49.4 Å². The Kier molecular flexibility index (Phi) is 6.09. The number of para-hydroxylation sites is 1. The van der Waals surface area contributed by atoms with E-state index in [0.717, 1.165) is 40.4 Å². The maximum atomic E-state index is 13.8. The van der Waals surface area contributed by atoms with Crippen LogP contribution in [-0.2, 0) is 13.0 Å². The van der Waals surface area contributed by atoms with E-state index in [1.54, 1.807) is 0 Å². The molecule has 1 aliphatic rings. The molecule has 172 valence electrons. The van der Waals surface area contributed by atoms with Crippen LogP contribution in [0.25, 0.3) is 5.69 Å². The van der Waals surface area contributed by atoms with Crippen LogP contribution in [0, 0.1) is 0 Å². The average Bonchev–Trinajstić information content (AvgIpc) is 3.30. The van der Waals surface area contributed by atoms with Gasteiger partial charge >= 0.3 is 6.03 Å². The second-order valence-corrected chi connectivity index (χ2v) is 8.44. The number of aryl methyl sites for hydroxylation is 1. The number of ether oxygens (including phenoxy) is 1. The van der Waals surface area contributed by atoms with Crippen molar-refractivity contribution in [2.75, 3.05) is 11.9 Å². The zero-order chi connectivity index (χ0) is 23.5. The van der Waals surface area contributed by atoms with Crippen molar-refractivity contribution in [3.63, 3.8) is 0 Å². The van der Waals surface area contributed by atoms with E-state index in [1.807, 2.05) is 54.3 Å². The molecular formula is C29H29N3O2. The molecule has 0 spiro atoms. The molecule has 0 saturated heterocycles. The van der Waals surface area contributed by atoms with E-state index < -0.39 is 0 Å². The fraction of sp³-hybridized carbons (Fsp3) is 0.207. The first-order valence-corrected chi connectivity index (χ1v) is 11.8. The van der Waals surface area contributed by atoms with Gasteiger partial charge in [0.1, 0.15) is 5.75 Å². The fourth-order valence-corrected chi connectivity index (χ4v) is 4.62. The Morgan fingerprint density at radius 3 is 2.44 bits per heavy atom. The van der Waals surface area contributed by atoms with Gasteiger partial charge in [-0.2, -0.15) is 0 Å². The summed E-state index contributed by atoms with van der Waals surface area (Å²) >= 11 is 0. The molecule has 5 heteroatoms. The van der Waals surface area contributed by atoms with Gasteiger partial charge in [0.05, 0.1) is 24.9 Å². The largest absolute Gasteiger partial charge is 0.494 e. The number of carbonyl (C=O) groups is 1. The molecule has 3 aromatic carbocycles. The monoisotopic (exact) mass is 451 g/mol. The van der Waals surface area contributed by atoms with Crippen LogP contribution in [0.1, 0.15) is 42.3 Å². The van der Waals surface area contributed by atoms with Gasteiger partial charge in [-0.15, -0.1) is 0 Å². The second-order valence-electron chi connectivity index (χ2n) is 8.44. The summed E-state index contributed by atoms with van der Waals surface area (Å²) in [6.07, 6.45) is 3.04. The molecule has 2 heterocycles. The Balaban J connectivity index is 1.57. The van der Waals surface area contributed by atoms with Crippen molar-refractivity contribution in [1.29, 1.82) is 0 Å². The van der Waals surface area contributed by atoms with Crippen molar-refractivity contribution in [3.8, 4) is 11.4 Å². The van der Waals surface area contributed by atoms with Gasteiger partial charge in [0.15, 0.2) is 0 Å². The molecule has 0 saturated carbocycles. The summed E-state index contributed by atoms with van der Waals surface area (Å²) in [5.41, 5.74) is 6.32. The van der Waals surface area contributed by atoms with Gasteiger partial charge in [-0.25, -0.2) is 4.79 Å². The summed E-state index contributed by atoms with van der Waals surface area (Å²) in [5.74, 6) is 0.825. The summed E-state index contributed by atoms with van der Waals surface area (Å²) < 4.78 is 7.85. The van der Waals surface area contributed by atoms with E-state index in [4.69, 9.17) is 4.74 Å². The minimum atomic E-state index is -0.256. The quantitative estimate of drug-likeness (QED) is 0.373. The van der Waals surface area contributed by atoms with Crippen molar-refractivity contribution in [2.24, 2.45) is 0 Å². The predicted molar refractivity (Wildman–Crippen MR) is 136 cm³/mol. The lowest BCUT2D eigenvalue weighted by molar-refractivity contribution is 0.194. The molecule has 1 atom stereocenters. The highest BCUT2D eigenvalue weighted by Crippen LogP contribution is 2.37. The third-order valence-electron chi connectivity index (χ3n) is 6.35. The molecule has 0 bridgehead atoms. The van der Waals surface area contributed by atoms with Crippen LogP contribution < -0.4 is 10.1 Å². The highest BCUT2D eigenvalue weighted by molar-refractivity contribution is 5.90. The molecular weight excluding hydrogens is 422 g/mol. The molecule has 1 N–H and O–H groups in total. The Morgan fingerprint density at radius 2 is 1.71 bits per heavy atom. The number of benzene rings is 3. The van der Waals surface area contributed by atoms with Crippen molar-refractivity contribution in [3.05, 3.63) is 114 Å². The van der Waals surface area contributed by atoms with Crippen molar-refractivity contribution >= 4 is 11.7 Å². The molecule has 1 aromatic heterocycles. The van der Waals surface area contributed by atoms with Gasteiger partial charge in [-0.05, 0) is 72.5 Å². The van der Waals surface area contributed by atoms with Gasteiger partial charge < -0.3 is 19.5 Å². The second kappa shape index (κ2) is 9.48. The zero-order valence-electron chi connectivity index (χ0n) is 19.6. The number of urea groups is 1. The zero-order valence-corrected chi connectivity index (χ0v) is 19.6. The average molecular weight is 452 g/mol. The third-order valence-corrected chi connectivity index (χ3v) is 6.35. The highest BCUT2D eigenvalue weighted by atomic mass is 16.5. The number of fused-ring (bicyclic) bond motifs is 3. The number of hydrogen-bond donors (Lipinski definition) is 1. The van der Waals surface area contributed by atoms with Crippen LogP contribution in [0.5, 0.6) is 5.75 Å². The number of hydrogen-bond acceptors (Lipinski definition) is 2. The lowest BCUT2D eigenvalue weighted by Crippen LogP contribution is -2.37. The van der Waals surface area contributed by atoms with Crippen LogP contribution >= 0.6 is 0 Å². The maximum Gasteiger partial charge on any atom is 0.322 e. The summed E-state index contributed by atoms with van der Waals surface area (Å²) in [6, 6.07) is 28.1. The first-order valence-electron chi connectivity index (χ1n) is 11.8.